The Morgan fingerprint density at radius 1 is 1.42 bits per heavy atom. The first-order chi connectivity index (χ1) is 9.00. The molecule has 3 N–H and O–H groups in total. The predicted molar refractivity (Wildman–Crippen MR) is 70.4 cm³/mol. The number of nitrogens with one attached hydrogen (secondary N) is 1. The van der Waals surface area contributed by atoms with Crippen LogP contribution in [0, 0.1) is 5.92 Å². The summed E-state index contributed by atoms with van der Waals surface area (Å²) in [7, 11) is 0. The summed E-state index contributed by atoms with van der Waals surface area (Å²) in [5, 5.41) is 6.64. The monoisotopic (exact) mass is 263 g/mol. The molecular formula is C13H17N3O3. The smallest absolute Gasteiger partial charge is 0.259 e. The van der Waals surface area contributed by atoms with Gasteiger partial charge in [-0.05, 0) is 25.0 Å². The van der Waals surface area contributed by atoms with Gasteiger partial charge in [-0.25, -0.2) is 0 Å². The number of nitrogens with two attached hydrogens (primary N) is 1. The molecule has 2 aromatic heterocycles. The van der Waals surface area contributed by atoms with Gasteiger partial charge in [-0.2, -0.15) is 0 Å². The normalized spacial score (nSPS) is 12.6. The van der Waals surface area contributed by atoms with Gasteiger partial charge in [0.2, 0.25) is 5.88 Å². The minimum atomic E-state index is -0.314. The van der Waals surface area contributed by atoms with E-state index in [0.29, 0.717) is 17.4 Å². The Bertz CT molecular complexity index is 558. The Labute approximate surface area is 110 Å². The van der Waals surface area contributed by atoms with E-state index in [1.165, 1.54) is 6.26 Å². The number of carbonyl (C=O) groups excluding carboxylic acids is 1. The zero-order valence-electron chi connectivity index (χ0n) is 11.1. The molecule has 6 nitrogen and oxygen atoms in total. The van der Waals surface area contributed by atoms with Crippen molar-refractivity contribution >= 4 is 11.8 Å². The van der Waals surface area contributed by atoms with Crippen molar-refractivity contribution in [3.63, 3.8) is 0 Å². The molecule has 0 aliphatic carbocycles. The minimum absolute atomic E-state index is 0.0140. The number of amides is 1. The van der Waals surface area contributed by atoms with Gasteiger partial charge in [-0.1, -0.05) is 19.0 Å². The van der Waals surface area contributed by atoms with Crippen LogP contribution in [0.2, 0.25) is 0 Å². The lowest BCUT2D eigenvalue weighted by molar-refractivity contribution is 0.0931. The Kier molecular flexibility index (Phi) is 3.59. The molecule has 2 rings (SSSR count). The summed E-state index contributed by atoms with van der Waals surface area (Å²) in [6.45, 7) is 5.98. The van der Waals surface area contributed by atoms with E-state index in [2.05, 4.69) is 10.5 Å². The molecule has 1 unspecified atom stereocenters. The van der Waals surface area contributed by atoms with Crippen molar-refractivity contribution in [2.75, 3.05) is 5.73 Å². The first-order valence-electron chi connectivity index (χ1n) is 6.10. The lowest BCUT2D eigenvalue weighted by atomic mass is 10.1. The van der Waals surface area contributed by atoms with Crippen molar-refractivity contribution in [1.29, 1.82) is 0 Å². The van der Waals surface area contributed by atoms with Crippen LogP contribution in [0.25, 0.3) is 11.5 Å². The fraction of sp³-hybridized carbons (Fsp3) is 0.385. The van der Waals surface area contributed by atoms with Crippen molar-refractivity contribution in [1.82, 2.24) is 10.5 Å². The van der Waals surface area contributed by atoms with Crippen LogP contribution < -0.4 is 11.1 Å². The highest BCUT2D eigenvalue weighted by Gasteiger charge is 2.25. The van der Waals surface area contributed by atoms with E-state index in [1.807, 2.05) is 20.8 Å². The second-order valence-electron chi connectivity index (χ2n) is 4.75. The van der Waals surface area contributed by atoms with E-state index in [1.54, 1.807) is 12.1 Å². The number of rotatable bonds is 4. The van der Waals surface area contributed by atoms with Gasteiger partial charge in [0, 0.05) is 6.04 Å². The summed E-state index contributed by atoms with van der Waals surface area (Å²) in [6, 6.07) is 3.42. The maximum atomic E-state index is 12.2. The lowest BCUT2D eigenvalue weighted by Gasteiger charge is -2.17. The van der Waals surface area contributed by atoms with Crippen LogP contribution in [0.5, 0.6) is 0 Å². The summed E-state index contributed by atoms with van der Waals surface area (Å²) >= 11 is 0. The van der Waals surface area contributed by atoms with Crippen LogP contribution in [-0.4, -0.2) is 17.1 Å². The van der Waals surface area contributed by atoms with Gasteiger partial charge < -0.3 is 20.0 Å². The molecule has 2 aromatic rings. The van der Waals surface area contributed by atoms with Crippen molar-refractivity contribution in [3.05, 3.63) is 24.0 Å². The van der Waals surface area contributed by atoms with E-state index < -0.39 is 0 Å². The van der Waals surface area contributed by atoms with Crippen LogP contribution in [0.4, 0.5) is 5.88 Å². The number of nitrogen functional groups attached to an aromatic ring is 1. The van der Waals surface area contributed by atoms with Crippen LogP contribution in [0.1, 0.15) is 31.1 Å². The van der Waals surface area contributed by atoms with E-state index in [9.17, 15) is 4.79 Å². The summed E-state index contributed by atoms with van der Waals surface area (Å²) in [4.78, 5) is 12.2. The van der Waals surface area contributed by atoms with Crippen molar-refractivity contribution in [2.45, 2.75) is 26.8 Å². The van der Waals surface area contributed by atoms with E-state index in [-0.39, 0.29) is 23.4 Å². The predicted octanol–water partition coefficient (Wildman–Crippen LogP) is 2.29. The van der Waals surface area contributed by atoms with Gasteiger partial charge in [-0.3, -0.25) is 4.79 Å². The average molecular weight is 263 g/mol. The lowest BCUT2D eigenvalue weighted by Crippen LogP contribution is -2.36. The molecule has 0 fully saturated rings. The fourth-order valence-electron chi connectivity index (χ4n) is 1.55. The van der Waals surface area contributed by atoms with Crippen LogP contribution >= 0.6 is 0 Å². The Hall–Kier alpha value is -2.24. The molecular weight excluding hydrogens is 246 g/mol. The van der Waals surface area contributed by atoms with Crippen molar-refractivity contribution < 1.29 is 13.7 Å². The largest absolute Gasteiger partial charge is 0.463 e. The SMILES string of the molecule is CC(C)C(C)NC(=O)c1c(-c2ccco2)noc1N. The third-order valence-electron chi connectivity index (χ3n) is 3.06. The Morgan fingerprint density at radius 3 is 2.74 bits per heavy atom. The van der Waals surface area contributed by atoms with Gasteiger partial charge in [-0.15, -0.1) is 0 Å². The molecule has 1 amide bonds. The molecule has 0 aliphatic heterocycles. The highest BCUT2D eigenvalue weighted by atomic mass is 16.5. The number of furan rings is 1. The van der Waals surface area contributed by atoms with E-state index >= 15 is 0 Å². The molecule has 0 spiro atoms. The second-order valence-corrected chi connectivity index (χ2v) is 4.75. The summed E-state index contributed by atoms with van der Waals surface area (Å²) < 4.78 is 10.1. The maximum absolute atomic E-state index is 12.2. The van der Waals surface area contributed by atoms with Gasteiger partial charge in [0.05, 0.1) is 6.26 Å². The van der Waals surface area contributed by atoms with Gasteiger partial charge in [0.1, 0.15) is 5.56 Å². The number of aromatic nitrogens is 1. The molecule has 0 saturated heterocycles. The number of carbonyl (C=O) groups is 1. The fourth-order valence-corrected chi connectivity index (χ4v) is 1.55. The number of anilines is 1. The van der Waals surface area contributed by atoms with Crippen LogP contribution in [0.15, 0.2) is 27.3 Å². The molecule has 2 heterocycles. The zero-order valence-corrected chi connectivity index (χ0v) is 11.1. The molecule has 19 heavy (non-hydrogen) atoms. The standard InChI is InChI=1S/C13H17N3O3/c1-7(2)8(3)15-13(17)10-11(16-19-12(10)14)9-5-4-6-18-9/h4-8H,14H2,1-3H3,(H,15,17). The molecule has 102 valence electrons. The average Bonchev–Trinajstić information content (AvgIpc) is 2.96. The van der Waals surface area contributed by atoms with Gasteiger partial charge in [0.25, 0.3) is 5.91 Å². The van der Waals surface area contributed by atoms with Gasteiger partial charge in [0.15, 0.2) is 11.5 Å². The summed E-state index contributed by atoms with van der Waals surface area (Å²) in [5.74, 6) is 0.436. The van der Waals surface area contributed by atoms with Crippen molar-refractivity contribution in [2.24, 2.45) is 5.92 Å². The highest BCUT2D eigenvalue weighted by Crippen LogP contribution is 2.27. The quantitative estimate of drug-likeness (QED) is 0.882. The van der Waals surface area contributed by atoms with Gasteiger partial charge >= 0.3 is 0 Å². The topological polar surface area (TPSA) is 94.3 Å². The third kappa shape index (κ3) is 2.62. The van der Waals surface area contributed by atoms with Crippen LogP contribution in [-0.2, 0) is 0 Å². The second kappa shape index (κ2) is 5.17. The minimum Gasteiger partial charge on any atom is -0.463 e. The molecule has 0 saturated carbocycles. The molecule has 0 bridgehead atoms. The Balaban J connectivity index is 2.29. The molecule has 1 atom stereocenters. The molecule has 0 aromatic carbocycles. The van der Waals surface area contributed by atoms with E-state index in [4.69, 9.17) is 14.7 Å². The molecule has 6 heteroatoms. The van der Waals surface area contributed by atoms with E-state index in [0.717, 1.165) is 0 Å². The Morgan fingerprint density at radius 2 is 2.16 bits per heavy atom. The number of nitrogens with zero attached hydrogens (tertiary/aromatic N) is 1. The molecule has 0 radical (unpaired) electrons. The number of hydrogen-bond donors (Lipinski definition) is 2. The maximum Gasteiger partial charge on any atom is 0.259 e. The first-order valence-corrected chi connectivity index (χ1v) is 6.10. The first kappa shape index (κ1) is 13.2. The van der Waals surface area contributed by atoms with Crippen LogP contribution in [0.3, 0.4) is 0 Å². The zero-order chi connectivity index (χ0) is 14.0. The third-order valence-corrected chi connectivity index (χ3v) is 3.06. The summed E-state index contributed by atoms with van der Waals surface area (Å²) in [6.07, 6.45) is 1.50. The molecule has 0 aliphatic rings. The number of hydrogen-bond acceptors (Lipinski definition) is 5. The van der Waals surface area contributed by atoms with Crippen molar-refractivity contribution in [3.8, 4) is 11.5 Å². The summed E-state index contributed by atoms with van der Waals surface area (Å²) in [5.41, 5.74) is 6.19. The highest BCUT2D eigenvalue weighted by molar-refractivity contribution is 6.03.